The number of anilines is 1. The highest BCUT2D eigenvalue weighted by molar-refractivity contribution is 6.22. The Morgan fingerprint density at radius 3 is 2.28 bits per heavy atom. The van der Waals surface area contributed by atoms with Gasteiger partial charge in [-0.25, -0.2) is 9.29 Å². The van der Waals surface area contributed by atoms with Gasteiger partial charge in [0.2, 0.25) is 5.91 Å². The molecule has 0 unspecified atom stereocenters. The van der Waals surface area contributed by atoms with Crippen molar-refractivity contribution in [2.75, 3.05) is 18.0 Å². The zero-order valence-electron chi connectivity index (χ0n) is 15.9. The molecule has 4 rings (SSSR count). The van der Waals surface area contributed by atoms with Crippen molar-refractivity contribution in [1.29, 1.82) is 0 Å². The standard InChI is InChI=1S/C22H22FN3O3/c23-16-6-8-18(9-7-16)26-20(27)14-19(22(26)29)24-17-10-12-25(13-11-17)21(28)15-4-2-1-3-5-15/h1-9,17,19,24H,10-14H2/t19-/m1/s1. The molecule has 0 aromatic heterocycles. The smallest absolute Gasteiger partial charge is 0.253 e. The van der Waals surface area contributed by atoms with Crippen molar-refractivity contribution < 1.29 is 18.8 Å². The SMILES string of the molecule is O=C(c1ccccc1)N1CCC(N[C@@H]2CC(=O)N(c3ccc(F)cc3)C2=O)CC1. The van der Waals surface area contributed by atoms with Gasteiger partial charge in [-0.3, -0.25) is 14.4 Å². The molecule has 1 N–H and O–H groups in total. The van der Waals surface area contributed by atoms with E-state index in [1.807, 2.05) is 23.1 Å². The van der Waals surface area contributed by atoms with Crippen LogP contribution in [-0.4, -0.2) is 47.8 Å². The van der Waals surface area contributed by atoms with Gasteiger partial charge in [0.05, 0.1) is 18.2 Å². The highest BCUT2D eigenvalue weighted by Crippen LogP contribution is 2.24. The summed E-state index contributed by atoms with van der Waals surface area (Å²) in [5.41, 5.74) is 1.05. The topological polar surface area (TPSA) is 69.7 Å². The van der Waals surface area contributed by atoms with Crippen LogP contribution in [0.3, 0.4) is 0 Å². The van der Waals surface area contributed by atoms with E-state index in [-0.39, 0.29) is 30.2 Å². The quantitative estimate of drug-likeness (QED) is 0.807. The number of imide groups is 1. The van der Waals surface area contributed by atoms with Gasteiger partial charge < -0.3 is 10.2 Å². The van der Waals surface area contributed by atoms with Crippen LogP contribution in [0.25, 0.3) is 0 Å². The van der Waals surface area contributed by atoms with Gasteiger partial charge in [-0.2, -0.15) is 0 Å². The number of carbonyl (C=O) groups excluding carboxylic acids is 3. The number of amides is 3. The molecule has 2 heterocycles. The summed E-state index contributed by atoms with van der Waals surface area (Å²) in [5.74, 6) is -1.02. The lowest BCUT2D eigenvalue weighted by atomic mass is 10.0. The molecular formula is C22H22FN3O3. The second-order valence-electron chi connectivity index (χ2n) is 7.40. The first-order valence-corrected chi connectivity index (χ1v) is 9.75. The third kappa shape index (κ3) is 4.05. The molecule has 0 radical (unpaired) electrons. The lowest BCUT2D eigenvalue weighted by molar-refractivity contribution is -0.121. The molecular weight excluding hydrogens is 373 g/mol. The summed E-state index contributed by atoms with van der Waals surface area (Å²) in [6.07, 6.45) is 1.51. The van der Waals surface area contributed by atoms with Crippen LogP contribution in [0.5, 0.6) is 0 Å². The molecule has 1 atom stereocenters. The molecule has 0 spiro atoms. The maximum absolute atomic E-state index is 13.1. The van der Waals surface area contributed by atoms with E-state index in [1.165, 1.54) is 24.3 Å². The summed E-state index contributed by atoms with van der Waals surface area (Å²) >= 11 is 0. The maximum Gasteiger partial charge on any atom is 0.253 e. The Morgan fingerprint density at radius 2 is 1.62 bits per heavy atom. The van der Waals surface area contributed by atoms with Gasteiger partial charge in [-0.1, -0.05) is 18.2 Å². The minimum Gasteiger partial charge on any atom is -0.339 e. The van der Waals surface area contributed by atoms with Gasteiger partial charge in [0.1, 0.15) is 5.82 Å². The van der Waals surface area contributed by atoms with E-state index in [1.54, 1.807) is 12.1 Å². The van der Waals surface area contributed by atoms with E-state index in [2.05, 4.69) is 5.32 Å². The van der Waals surface area contributed by atoms with Crippen molar-refractivity contribution in [3.05, 3.63) is 66.0 Å². The maximum atomic E-state index is 13.1. The first kappa shape index (κ1) is 19.3. The molecule has 0 aliphatic carbocycles. The van der Waals surface area contributed by atoms with Crippen molar-refractivity contribution in [2.24, 2.45) is 0 Å². The molecule has 0 saturated carbocycles. The average molecular weight is 395 g/mol. The van der Waals surface area contributed by atoms with Crippen LogP contribution in [0.4, 0.5) is 10.1 Å². The normalized spacial score (nSPS) is 20.4. The van der Waals surface area contributed by atoms with Crippen LogP contribution >= 0.6 is 0 Å². The van der Waals surface area contributed by atoms with E-state index in [9.17, 15) is 18.8 Å². The fourth-order valence-electron chi connectivity index (χ4n) is 3.92. The number of nitrogens with zero attached hydrogens (tertiary/aromatic N) is 2. The van der Waals surface area contributed by atoms with Gasteiger partial charge in [0, 0.05) is 24.7 Å². The largest absolute Gasteiger partial charge is 0.339 e. The molecule has 0 bridgehead atoms. The van der Waals surface area contributed by atoms with E-state index in [0.717, 1.165) is 4.90 Å². The second-order valence-corrected chi connectivity index (χ2v) is 7.40. The number of hydrogen-bond donors (Lipinski definition) is 1. The van der Waals surface area contributed by atoms with Gasteiger partial charge in [0.15, 0.2) is 0 Å². The number of hydrogen-bond acceptors (Lipinski definition) is 4. The molecule has 2 aliphatic heterocycles. The monoisotopic (exact) mass is 395 g/mol. The summed E-state index contributed by atoms with van der Waals surface area (Å²) in [4.78, 5) is 40.5. The molecule has 7 heteroatoms. The number of carbonyl (C=O) groups is 3. The Kier molecular flexibility index (Phi) is 5.40. The summed E-state index contributed by atoms with van der Waals surface area (Å²) in [5, 5.41) is 3.28. The van der Waals surface area contributed by atoms with Crippen LogP contribution in [0.2, 0.25) is 0 Å². The van der Waals surface area contributed by atoms with Crippen molar-refractivity contribution in [2.45, 2.75) is 31.3 Å². The number of benzene rings is 2. The molecule has 2 fully saturated rings. The Hall–Kier alpha value is -3.06. The number of nitrogens with one attached hydrogen (secondary N) is 1. The van der Waals surface area contributed by atoms with Gasteiger partial charge >= 0.3 is 0 Å². The zero-order chi connectivity index (χ0) is 20.4. The fraction of sp³-hybridized carbons (Fsp3) is 0.318. The van der Waals surface area contributed by atoms with Crippen molar-refractivity contribution in [1.82, 2.24) is 10.2 Å². The Morgan fingerprint density at radius 1 is 0.966 bits per heavy atom. The molecule has 29 heavy (non-hydrogen) atoms. The Labute approximate surface area is 168 Å². The molecule has 3 amide bonds. The van der Waals surface area contributed by atoms with Crippen LogP contribution < -0.4 is 10.2 Å². The predicted octanol–water partition coefficient (Wildman–Crippen LogP) is 2.35. The summed E-state index contributed by atoms with van der Waals surface area (Å²) in [6.45, 7) is 1.20. The van der Waals surface area contributed by atoms with Crippen LogP contribution in [-0.2, 0) is 9.59 Å². The lowest BCUT2D eigenvalue weighted by Crippen LogP contribution is -2.49. The molecule has 6 nitrogen and oxygen atoms in total. The van der Waals surface area contributed by atoms with E-state index >= 15 is 0 Å². The zero-order valence-corrected chi connectivity index (χ0v) is 15.9. The third-order valence-corrected chi connectivity index (χ3v) is 5.47. The number of likely N-dealkylation sites (tertiary alicyclic amines) is 1. The molecule has 2 saturated heterocycles. The summed E-state index contributed by atoms with van der Waals surface area (Å²) < 4.78 is 13.1. The minimum absolute atomic E-state index is 0.0126. The second kappa shape index (κ2) is 8.13. The lowest BCUT2D eigenvalue weighted by Gasteiger charge is -2.33. The van der Waals surface area contributed by atoms with Crippen LogP contribution in [0, 0.1) is 5.82 Å². The fourth-order valence-corrected chi connectivity index (χ4v) is 3.92. The van der Waals surface area contributed by atoms with Crippen LogP contribution in [0.1, 0.15) is 29.6 Å². The molecule has 2 aromatic rings. The van der Waals surface area contributed by atoms with Gasteiger partial charge in [-0.15, -0.1) is 0 Å². The van der Waals surface area contributed by atoms with Gasteiger partial charge in [-0.05, 0) is 49.2 Å². The third-order valence-electron chi connectivity index (χ3n) is 5.47. The average Bonchev–Trinajstić information content (AvgIpc) is 3.02. The number of rotatable bonds is 4. The predicted molar refractivity (Wildman–Crippen MR) is 106 cm³/mol. The number of halogens is 1. The molecule has 150 valence electrons. The number of piperidine rings is 1. The minimum atomic E-state index is -0.589. The van der Waals surface area contributed by atoms with Crippen LogP contribution in [0.15, 0.2) is 54.6 Å². The van der Waals surface area contributed by atoms with Crippen molar-refractivity contribution in [3.8, 4) is 0 Å². The highest BCUT2D eigenvalue weighted by atomic mass is 19.1. The van der Waals surface area contributed by atoms with Gasteiger partial charge in [0.25, 0.3) is 11.8 Å². The summed E-state index contributed by atoms with van der Waals surface area (Å²) in [7, 11) is 0. The van der Waals surface area contributed by atoms with E-state index < -0.39 is 11.9 Å². The Balaban J connectivity index is 1.34. The summed E-state index contributed by atoms with van der Waals surface area (Å²) in [6, 6.07) is 14.0. The first-order chi connectivity index (χ1) is 14.0. The van der Waals surface area contributed by atoms with E-state index in [0.29, 0.717) is 37.2 Å². The molecule has 2 aromatic carbocycles. The van der Waals surface area contributed by atoms with E-state index in [4.69, 9.17) is 0 Å². The Bertz CT molecular complexity index is 909. The highest BCUT2D eigenvalue weighted by Gasteiger charge is 2.40. The van der Waals surface area contributed by atoms with Crippen molar-refractivity contribution in [3.63, 3.8) is 0 Å². The first-order valence-electron chi connectivity index (χ1n) is 9.75. The van der Waals surface area contributed by atoms with Crippen molar-refractivity contribution >= 4 is 23.4 Å². The molecule has 2 aliphatic rings.